The van der Waals surface area contributed by atoms with Crippen LogP contribution in [-0.2, 0) is 42.9 Å². The van der Waals surface area contributed by atoms with E-state index in [1.807, 2.05) is 26.8 Å². The van der Waals surface area contributed by atoms with Crippen LogP contribution in [0.15, 0.2) is 47.3 Å². The average molecular weight is 613 g/mol. The fourth-order valence-electron chi connectivity index (χ4n) is 8.70. The van der Waals surface area contributed by atoms with Crippen molar-refractivity contribution in [1.82, 2.24) is 0 Å². The van der Waals surface area contributed by atoms with E-state index in [2.05, 4.69) is 6.58 Å². The Balaban J connectivity index is 1.75. The van der Waals surface area contributed by atoms with Crippen molar-refractivity contribution in [1.29, 1.82) is 0 Å². The molecule has 1 aromatic rings. The number of furan rings is 1. The highest BCUT2D eigenvalue weighted by atomic mass is 16.6. The van der Waals surface area contributed by atoms with E-state index in [9.17, 15) is 19.2 Å². The molecule has 2 aliphatic heterocycles. The van der Waals surface area contributed by atoms with Crippen LogP contribution in [0.25, 0.3) is 0 Å². The third kappa shape index (κ3) is 4.63. The average Bonchev–Trinajstić information content (AvgIpc) is 3.33. The lowest BCUT2D eigenvalue weighted by molar-refractivity contribution is -0.211. The van der Waals surface area contributed by atoms with Gasteiger partial charge in [0.25, 0.3) is 0 Å². The molecule has 3 fully saturated rings. The first kappa shape index (κ1) is 32.0. The number of hydrogen-bond acceptors (Lipinski definition) is 10. The molecule has 3 heterocycles. The van der Waals surface area contributed by atoms with Crippen molar-refractivity contribution >= 4 is 23.9 Å². The summed E-state index contributed by atoms with van der Waals surface area (Å²) in [7, 11) is 1.30. The molecular weight excluding hydrogens is 568 g/mol. The number of cyclic esters (lactones) is 1. The lowest BCUT2D eigenvalue weighted by atomic mass is 9.48. The van der Waals surface area contributed by atoms with Crippen LogP contribution in [0.3, 0.4) is 0 Å². The van der Waals surface area contributed by atoms with Crippen molar-refractivity contribution < 1.29 is 47.3 Å². The van der Waals surface area contributed by atoms with E-state index >= 15 is 0 Å². The zero-order valence-corrected chi connectivity index (χ0v) is 26.8. The number of epoxide rings is 1. The van der Waals surface area contributed by atoms with Crippen LogP contribution in [0.2, 0.25) is 0 Å². The van der Waals surface area contributed by atoms with E-state index in [0.717, 1.165) is 5.56 Å². The molecule has 0 N–H and O–H groups in total. The van der Waals surface area contributed by atoms with Crippen LogP contribution in [-0.4, -0.2) is 60.5 Å². The van der Waals surface area contributed by atoms with Gasteiger partial charge in [-0.05, 0) is 43.9 Å². The summed E-state index contributed by atoms with van der Waals surface area (Å²) in [5.74, 6) is -4.03. The highest BCUT2D eigenvalue weighted by molar-refractivity contribution is 5.83. The van der Waals surface area contributed by atoms with E-state index in [4.69, 9.17) is 28.1 Å². The summed E-state index contributed by atoms with van der Waals surface area (Å²) in [4.78, 5) is 52.3. The van der Waals surface area contributed by atoms with Crippen LogP contribution < -0.4 is 0 Å². The Morgan fingerprint density at radius 3 is 2.45 bits per heavy atom. The minimum Gasteiger partial charge on any atom is -0.472 e. The van der Waals surface area contributed by atoms with Gasteiger partial charge >= 0.3 is 23.9 Å². The maximum Gasteiger partial charge on any atom is 0.330 e. The van der Waals surface area contributed by atoms with Crippen LogP contribution in [0.5, 0.6) is 0 Å². The summed E-state index contributed by atoms with van der Waals surface area (Å²) in [6.07, 6.45) is 5.17. The number of hydrogen-bond donors (Lipinski definition) is 0. The summed E-state index contributed by atoms with van der Waals surface area (Å²) in [6.45, 7) is 17.1. The number of esters is 4. The summed E-state index contributed by atoms with van der Waals surface area (Å²) < 4.78 is 35.6. The molecule has 0 amide bonds. The Labute approximate surface area is 258 Å². The second-order valence-corrected chi connectivity index (χ2v) is 13.8. The van der Waals surface area contributed by atoms with Crippen LogP contribution in [0.1, 0.15) is 79.2 Å². The van der Waals surface area contributed by atoms with Crippen LogP contribution in [0.4, 0.5) is 0 Å². The first-order chi connectivity index (χ1) is 20.6. The summed E-state index contributed by atoms with van der Waals surface area (Å²) in [5, 5.41) is 0. The maximum absolute atomic E-state index is 13.6. The second-order valence-electron chi connectivity index (χ2n) is 13.8. The zero-order valence-electron chi connectivity index (χ0n) is 26.8. The molecule has 2 saturated carbocycles. The van der Waals surface area contributed by atoms with Crippen molar-refractivity contribution in [2.45, 2.75) is 103 Å². The van der Waals surface area contributed by atoms with Crippen LogP contribution in [0, 0.1) is 28.6 Å². The molecular formula is C34H44O10. The SMILES string of the molecule is C=C1C(C2(C)C=CC(=O)OC(C)(C)C2CC(=O)OC)C(OC(C)=O)C(OC(=O)C(C)CC)C2(C)C(c3ccoc3)CC3OC132. The van der Waals surface area contributed by atoms with Gasteiger partial charge in [-0.25, -0.2) is 4.79 Å². The van der Waals surface area contributed by atoms with Gasteiger partial charge in [-0.1, -0.05) is 40.3 Å². The number of carbonyl (C=O) groups is 4. The molecule has 0 radical (unpaired) electrons. The van der Waals surface area contributed by atoms with E-state index < -0.39 is 75.9 Å². The predicted molar refractivity (Wildman–Crippen MR) is 157 cm³/mol. The molecule has 1 spiro atoms. The molecule has 10 atom stereocenters. The summed E-state index contributed by atoms with van der Waals surface area (Å²) in [5.41, 5.74) is -2.49. The topological polar surface area (TPSA) is 131 Å². The molecule has 5 rings (SSSR count). The van der Waals surface area contributed by atoms with Gasteiger partial charge in [0.1, 0.15) is 23.4 Å². The van der Waals surface area contributed by atoms with E-state index in [1.54, 1.807) is 39.4 Å². The molecule has 240 valence electrons. The lowest BCUT2D eigenvalue weighted by Gasteiger charge is -2.58. The first-order valence-corrected chi connectivity index (χ1v) is 15.3. The van der Waals surface area contributed by atoms with E-state index in [1.165, 1.54) is 20.1 Å². The Bertz CT molecular complexity index is 1380. The van der Waals surface area contributed by atoms with E-state index in [0.29, 0.717) is 18.4 Å². The van der Waals surface area contributed by atoms with Gasteiger partial charge in [0.2, 0.25) is 0 Å². The maximum atomic E-state index is 13.6. The Hall–Kier alpha value is -3.40. The first-order valence-electron chi connectivity index (χ1n) is 15.3. The number of ether oxygens (including phenoxy) is 5. The molecule has 10 nitrogen and oxygen atoms in total. The second kappa shape index (κ2) is 10.9. The molecule has 4 aliphatic rings. The molecule has 2 aliphatic carbocycles. The van der Waals surface area contributed by atoms with Gasteiger partial charge in [-0.15, -0.1) is 0 Å². The number of allylic oxidation sites excluding steroid dienone is 1. The smallest absolute Gasteiger partial charge is 0.330 e. The minimum atomic E-state index is -1.15. The van der Waals surface area contributed by atoms with Gasteiger partial charge < -0.3 is 28.1 Å². The lowest BCUT2D eigenvalue weighted by Crippen LogP contribution is -2.66. The molecule has 0 aromatic carbocycles. The van der Waals surface area contributed by atoms with Gasteiger partial charge in [-0.2, -0.15) is 0 Å². The fourth-order valence-corrected chi connectivity index (χ4v) is 8.70. The molecule has 1 aromatic heterocycles. The standard InChI is InChI=1S/C34H44O10/c1-10-18(2)30(38)42-29-28(41-20(4)35)27(32(7)13-11-25(36)44-31(5,6)23(32)16-26(37)39-9)19(3)34-24(43-34)15-22(33(29,34)8)21-12-14-40-17-21/h11-14,17-18,22-24,27-29H,3,10,15-16H2,1-2,4-9H3. The van der Waals surface area contributed by atoms with Crippen LogP contribution >= 0.6 is 0 Å². The van der Waals surface area contributed by atoms with Gasteiger partial charge in [0.15, 0.2) is 0 Å². The molecule has 10 heteroatoms. The third-order valence-electron chi connectivity index (χ3n) is 11.1. The Kier molecular flexibility index (Phi) is 7.92. The highest BCUT2D eigenvalue weighted by Crippen LogP contribution is 2.76. The van der Waals surface area contributed by atoms with Gasteiger partial charge in [-0.3, -0.25) is 14.4 Å². The van der Waals surface area contributed by atoms with E-state index in [-0.39, 0.29) is 18.4 Å². The van der Waals surface area contributed by atoms with Crippen molar-refractivity contribution in [2.75, 3.05) is 7.11 Å². The zero-order chi connectivity index (χ0) is 32.4. The van der Waals surface area contributed by atoms with Crippen molar-refractivity contribution in [2.24, 2.45) is 28.6 Å². The summed E-state index contributed by atoms with van der Waals surface area (Å²) in [6, 6.07) is 1.89. The predicted octanol–water partition coefficient (Wildman–Crippen LogP) is 5.06. The molecule has 0 bridgehead atoms. The van der Waals surface area contributed by atoms with Crippen molar-refractivity contribution in [3.8, 4) is 0 Å². The molecule has 44 heavy (non-hydrogen) atoms. The molecule has 10 unspecified atom stereocenters. The number of methoxy groups -OCH3 is 1. The van der Waals surface area contributed by atoms with Gasteiger partial charge in [0.05, 0.1) is 43.5 Å². The Morgan fingerprint density at radius 2 is 1.86 bits per heavy atom. The van der Waals surface area contributed by atoms with Crippen molar-refractivity contribution in [3.05, 3.63) is 48.5 Å². The quantitative estimate of drug-likeness (QED) is 0.170. The normalized spacial score (nSPS) is 39.3. The van der Waals surface area contributed by atoms with Crippen molar-refractivity contribution in [3.63, 3.8) is 0 Å². The number of rotatable bonds is 8. The fraction of sp³-hybridized carbons (Fsp3) is 0.647. The van der Waals surface area contributed by atoms with Gasteiger partial charge in [0, 0.05) is 36.2 Å². The Morgan fingerprint density at radius 1 is 1.16 bits per heavy atom. The largest absolute Gasteiger partial charge is 0.472 e. The highest BCUT2D eigenvalue weighted by Gasteiger charge is 2.84. The third-order valence-corrected chi connectivity index (χ3v) is 11.1. The minimum absolute atomic E-state index is 0.0995. The summed E-state index contributed by atoms with van der Waals surface area (Å²) >= 11 is 0. The number of carbonyl (C=O) groups excluding carboxylic acids is 4. The molecule has 1 saturated heterocycles. The monoisotopic (exact) mass is 612 g/mol.